The summed E-state index contributed by atoms with van der Waals surface area (Å²) < 4.78 is 17.9. The lowest BCUT2D eigenvalue weighted by molar-refractivity contribution is -0.118. The molecule has 0 aliphatic rings. The van der Waals surface area contributed by atoms with Crippen LogP contribution in [-0.4, -0.2) is 15.9 Å². The molecule has 0 saturated heterocycles. The van der Waals surface area contributed by atoms with Crippen molar-refractivity contribution in [2.45, 2.75) is 26.2 Å². The average Bonchev–Trinajstić information content (AvgIpc) is 2.77. The summed E-state index contributed by atoms with van der Waals surface area (Å²) in [7, 11) is 0. The molecule has 2 aromatic rings. The lowest BCUT2D eigenvalue weighted by Crippen LogP contribution is -2.01. The summed E-state index contributed by atoms with van der Waals surface area (Å²) in [6.45, 7) is 1.93. The van der Waals surface area contributed by atoms with Crippen molar-refractivity contribution in [1.82, 2.24) is 10.1 Å². The van der Waals surface area contributed by atoms with Crippen molar-refractivity contribution >= 4 is 17.4 Å². The van der Waals surface area contributed by atoms with Crippen molar-refractivity contribution in [2.24, 2.45) is 0 Å². The molecule has 1 aromatic heterocycles. The van der Waals surface area contributed by atoms with Crippen molar-refractivity contribution in [1.29, 1.82) is 0 Å². The Kier molecular flexibility index (Phi) is 4.27. The Labute approximate surface area is 114 Å². The highest BCUT2D eigenvalue weighted by Crippen LogP contribution is 2.26. The van der Waals surface area contributed by atoms with Gasteiger partial charge in [0, 0.05) is 12.0 Å². The molecule has 100 valence electrons. The first kappa shape index (κ1) is 13.7. The van der Waals surface area contributed by atoms with Crippen LogP contribution in [0.2, 0.25) is 5.02 Å². The number of ketones is 1. The van der Waals surface area contributed by atoms with Gasteiger partial charge in [-0.15, -0.1) is 0 Å². The molecule has 0 spiro atoms. The molecule has 0 saturated carbocycles. The number of Topliss-reactive ketones (excluding diaryl/α,β-unsaturated/α-hetero) is 1. The van der Waals surface area contributed by atoms with E-state index in [2.05, 4.69) is 10.1 Å². The maximum absolute atomic E-state index is 12.9. The van der Waals surface area contributed by atoms with Crippen LogP contribution in [0.3, 0.4) is 0 Å². The Morgan fingerprint density at radius 2 is 2.26 bits per heavy atom. The first-order valence-electron chi connectivity index (χ1n) is 5.90. The number of nitrogens with zero attached hydrogens (tertiary/aromatic N) is 2. The van der Waals surface area contributed by atoms with Crippen molar-refractivity contribution in [2.75, 3.05) is 0 Å². The van der Waals surface area contributed by atoms with Crippen LogP contribution in [0.1, 0.15) is 25.7 Å². The van der Waals surface area contributed by atoms with Gasteiger partial charge in [-0.3, -0.25) is 4.79 Å². The second kappa shape index (κ2) is 5.93. The number of carbonyl (C=O) groups excluding carboxylic acids is 1. The SMILES string of the molecule is CCCC(=O)Cc1nc(-c2ccc(F)cc2Cl)no1. The van der Waals surface area contributed by atoms with Crippen LogP contribution in [0.5, 0.6) is 0 Å². The molecule has 4 nitrogen and oxygen atoms in total. The van der Waals surface area contributed by atoms with E-state index >= 15 is 0 Å². The van der Waals surface area contributed by atoms with Gasteiger partial charge >= 0.3 is 0 Å². The fraction of sp³-hybridized carbons (Fsp3) is 0.308. The van der Waals surface area contributed by atoms with Gasteiger partial charge in [0.1, 0.15) is 11.6 Å². The van der Waals surface area contributed by atoms with E-state index in [-0.39, 0.29) is 28.9 Å². The molecule has 0 amide bonds. The number of hydrogen-bond acceptors (Lipinski definition) is 4. The highest BCUT2D eigenvalue weighted by Gasteiger charge is 2.14. The fourth-order valence-electron chi connectivity index (χ4n) is 1.64. The minimum atomic E-state index is -0.435. The van der Waals surface area contributed by atoms with Crippen LogP contribution in [0.25, 0.3) is 11.4 Å². The van der Waals surface area contributed by atoms with Crippen LogP contribution >= 0.6 is 11.6 Å². The van der Waals surface area contributed by atoms with Crippen LogP contribution in [0.15, 0.2) is 22.7 Å². The van der Waals surface area contributed by atoms with Gasteiger partial charge in [0.2, 0.25) is 11.7 Å². The van der Waals surface area contributed by atoms with Gasteiger partial charge in [0.15, 0.2) is 0 Å². The summed E-state index contributed by atoms with van der Waals surface area (Å²) in [6.07, 6.45) is 1.37. The summed E-state index contributed by atoms with van der Waals surface area (Å²) in [6, 6.07) is 3.91. The zero-order valence-corrected chi connectivity index (χ0v) is 11.1. The molecule has 6 heteroatoms. The largest absolute Gasteiger partial charge is 0.338 e. The molecular weight excluding hydrogens is 271 g/mol. The molecule has 0 unspecified atom stereocenters. The monoisotopic (exact) mass is 282 g/mol. The van der Waals surface area contributed by atoms with Gasteiger partial charge in [-0.05, 0) is 24.6 Å². The van der Waals surface area contributed by atoms with Crippen LogP contribution in [-0.2, 0) is 11.2 Å². The smallest absolute Gasteiger partial charge is 0.234 e. The van der Waals surface area contributed by atoms with Crippen molar-refractivity contribution in [3.63, 3.8) is 0 Å². The molecule has 0 aliphatic heterocycles. The van der Waals surface area contributed by atoms with E-state index in [0.717, 1.165) is 6.42 Å². The van der Waals surface area contributed by atoms with Crippen molar-refractivity contribution in [3.8, 4) is 11.4 Å². The van der Waals surface area contributed by atoms with Crippen molar-refractivity contribution < 1.29 is 13.7 Å². The minimum absolute atomic E-state index is 0.0444. The molecule has 0 radical (unpaired) electrons. The first-order chi connectivity index (χ1) is 9.10. The quantitative estimate of drug-likeness (QED) is 0.843. The number of halogens is 2. The minimum Gasteiger partial charge on any atom is -0.338 e. The summed E-state index contributed by atoms with van der Waals surface area (Å²) in [5.74, 6) is 0.108. The van der Waals surface area contributed by atoms with E-state index in [4.69, 9.17) is 16.1 Å². The lowest BCUT2D eigenvalue weighted by atomic mass is 10.2. The zero-order valence-electron chi connectivity index (χ0n) is 10.3. The summed E-state index contributed by atoms with van der Waals surface area (Å²) >= 11 is 5.90. The number of rotatable bonds is 5. The molecule has 1 aromatic carbocycles. The molecule has 2 rings (SSSR count). The maximum Gasteiger partial charge on any atom is 0.234 e. The number of hydrogen-bond donors (Lipinski definition) is 0. The normalized spacial score (nSPS) is 10.7. The Morgan fingerprint density at radius 1 is 1.47 bits per heavy atom. The Balaban J connectivity index is 2.18. The summed E-state index contributed by atoms with van der Waals surface area (Å²) in [4.78, 5) is 15.6. The third-order valence-corrected chi connectivity index (χ3v) is 2.83. The van der Waals surface area contributed by atoms with E-state index in [0.29, 0.717) is 12.0 Å². The second-order valence-electron chi connectivity index (χ2n) is 4.10. The first-order valence-corrected chi connectivity index (χ1v) is 6.27. The van der Waals surface area contributed by atoms with E-state index in [1.165, 1.54) is 18.2 Å². The zero-order chi connectivity index (χ0) is 13.8. The van der Waals surface area contributed by atoms with Gasteiger partial charge in [-0.1, -0.05) is 23.7 Å². The highest BCUT2D eigenvalue weighted by molar-refractivity contribution is 6.33. The van der Waals surface area contributed by atoms with Crippen LogP contribution in [0.4, 0.5) is 4.39 Å². The molecular formula is C13H12ClFN2O2. The molecule has 0 bridgehead atoms. The Hall–Kier alpha value is -1.75. The standard InChI is InChI=1S/C13H12ClFN2O2/c1-2-3-9(18)7-12-16-13(17-19-12)10-5-4-8(15)6-11(10)14/h4-6H,2-3,7H2,1H3. The Morgan fingerprint density at radius 3 is 2.95 bits per heavy atom. The topological polar surface area (TPSA) is 56.0 Å². The summed E-state index contributed by atoms with van der Waals surface area (Å²) in [5.41, 5.74) is 0.473. The van der Waals surface area contributed by atoms with Crippen LogP contribution in [0, 0.1) is 5.82 Å². The van der Waals surface area contributed by atoms with E-state index in [9.17, 15) is 9.18 Å². The lowest BCUT2D eigenvalue weighted by Gasteiger charge is -1.97. The predicted molar refractivity (Wildman–Crippen MR) is 68.3 cm³/mol. The average molecular weight is 283 g/mol. The van der Waals surface area contributed by atoms with Gasteiger partial charge in [-0.2, -0.15) is 4.98 Å². The van der Waals surface area contributed by atoms with Gasteiger partial charge < -0.3 is 4.52 Å². The summed E-state index contributed by atoms with van der Waals surface area (Å²) in [5, 5.41) is 3.95. The second-order valence-corrected chi connectivity index (χ2v) is 4.51. The van der Waals surface area contributed by atoms with Crippen molar-refractivity contribution in [3.05, 3.63) is 34.9 Å². The molecule has 0 atom stereocenters. The molecule has 1 heterocycles. The fourth-order valence-corrected chi connectivity index (χ4v) is 1.89. The molecule has 0 N–H and O–H groups in total. The number of benzene rings is 1. The highest BCUT2D eigenvalue weighted by atomic mass is 35.5. The van der Waals surface area contributed by atoms with Crippen LogP contribution < -0.4 is 0 Å². The maximum atomic E-state index is 12.9. The third kappa shape index (κ3) is 3.38. The Bertz CT molecular complexity index is 598. The van der Waals surface area contributed by atoms with E-state index < -0.39 is 5.82 Å². The molecule has 19 heavy (non-hydrogen) atoms. The van der Waals surface area contributed by atoms with Gasteiger partial charge in [0.05, 0.1) is 11.4 Å². The molecule has 0 aliphatic carbocycles. The van der Waals surface area contributed by atoms with E-state index in [1.54, 1.807) is 0 Å². The van der Waals surface area contributed by atoms with Gasteiger partial charge in [-0.25, -0.2) is 4.39 Å². The van der Waals surface area contributed by atoms with E-state index in [1.807, 2.05) is 6.92 Å². The third-order valence-electron chi connectivity index (χ3n) is 2.52. The van der Waals surface area contributed by atoms with Gasteiger partial charge in [0.25, 0.3) is 0 Å². The molecule has 0 fully saturated rings. The predicted octanol–water partition coefficient (Wildman–Crippen LogP) is 3.44. The number of carbonyl (C=O) groups is 1. The number of aromatic nitrogens is 2.